The minimum absolute atomic E-state index is 0.182. The summed E-state index contributed by atoms with van der Waals surface area (Å²) in [6.07, 6.45) is 8.29. The third-order valence-corrected chi connectivity index (χ3v) is 4.12. The molecule has 1 saturated carbocycles. The van der Waals surface area contributed by atoms with Crippen LogP contribution in [0.3, 0.4) is 0 Å². The fraction of sp³-hybridized carbons (Fsp3) is 0.294. The number of pyridine rings is 1. The van der Waals surface area contributed by atoms with Gasteiger partial charge in [0.25, 0.3) is 5.91 Å². The molecule has 0 radical (unpaired) electrons. The average Bonchev–Trinajstić information content (AvgIpc) is 3.02. The van der Waals surface area contributed by atoms with Crippen LogP contribution in [0.2, 0.25) is 0 Å². The van der Waals surface area contributed by atoms with Gasteiger partial charge in [-0.15, -0.1) is 0 Å². The predicted molar refractivity (Wildman–Crippen MR) is 89.2 cm³/mol. The van der Waals surface area contributed by atoms with Crippen LogP contribution >= 0.6 is 15.9 Å². The smallest absolute Gasteiger partial charge is 0.257 e. The summed E-state index contributed by atoms with van der Waals surface area (Å²) in [4.78, 5) is 16.1. The van der Waals surface area contributed by atoms with E-state index >= 15 is 0 Å². The minimum Gasteiger partial charge on any atom is -0.490 e. The third-order valence-electron chi connectivity index (χ3n) is 3.68. The third kappa shape index (κ3) is 3.85. The van der Waals surface area contributed by atoms with E-state index in [2.05, 4.69) is 26.2 Å². The summed E-state index contributed by atoms with van der Waals surface area (Å²) in [5, 5.41) is 2.85. The lowest BCUT2D eigenvalue weighted by atomic mass is 10.2. The molecule has 5 heteroatoms. The Morgan fingerprint density at radius 1 is 1.18 bits per heavy atom. The largest absolute Gasteiger partial charge is 0.490 e. The van der Waals surface area contributed by atoms with Crippen molar-refractivity contribution in [3.63, 3.8) is 0 Å². The molecule has 4 nitrogen and oxygen atoms in total. The lowest BCUT2D eigenvalue weighted by Crippen LogP contribution is -2.13. The Kier molecular flexibility index (Phi) is 4.73. The fourth-order valence-corrected chi connectivity index (χ4v) is 2.92. The second-order valence-electron chi connectivity index (χ2n) is 5.39. The van der Waals surface area contributed by atoms with Crippen LogP contribution in [0, 0.1) is 0 Å². The minimum atomic E-state index is -0.182. The van der Waals surface area contributed by atoms with Crippen LogP contribution in [-0.4, -0.2) is 17.0 Å². The molecule has 0 atom stereocenters. The molecule has 1 aromatic heterocycles. The second-order valence-corrected chi connectivity index (χ2v) is 6.31. The Hall–Kier alpha value is -1.88. The summed E-state index contributed by atoms with van der Waals surface area (Å²) >= 11 is 3.31. The van der Waals surface area contributed by atoms with Crippen LogP contribution in [0.1, 0.15) is 36.0 Å². The molecular weight excluding hydrogens is 344 g/mol. The van der Waals surface area contributed by atoms with E-state index in [1.54, 1.807) is 12.3 Å². The van der Waals surface area contributed by atoms with Crippen LogP contribution in [0.25, 0.3) is 0 Å². The summed E-state index contributed by atoms with van der Waals surface area (Å²) in [6.45, 7) is 0. The topological polar surface area (TPSA) is 51.2 Å². The van der Waals surface area contributed by atoms with Crippen molar-refractivity contribution in [3.05, 3.63) is 52.8 Å². The van der Waals surface area contributed by atoms with Gasteiger partial charge in [-0.1, -0.05) is 0 Å². The summed E-state index contributed by atoms with van der Waals surface area (Å²) in [5.41, 5.74) is 1.25. The Bertz CT molecular complexity index is 652. The Morgan fingerprint density at radius 2 is 1.91 bits per heavy atom. The van der Waals surface area contributed by atoms with Crippen molar-refractivity contribution in [2.45, 2.75) is 31.8 Å². The van der Waals surface area contributed by atoms with Crippen LogP contribution in [0.15, 0.2) is 47.2 Å². The zero-order valence-electron chi connectivity index (χ0n) is 12.1. The van der Waals surface area contributed by atoms with Crippen LogP contribution in [0.5, 0.6) is 5.75 Å². The van der Waals surface area contributed by atoms with Gasteiger partial charge in [-0.3, -0.25) is 9.78 Å². The number of ether oxygens (including phenoxy) is 1. The zero-order chi connectivity index (χ0) is 15.4. The number of hydrogen-bond donors (Lipinski definition) is 1. The molecule has 1 amide bonds. The van der Waals surface area contributed by atoms with Crippen molar-refractivity contribution >= 4 is 27.5 Å². The first kappa shape index (κ1) is 15.0. The van der Waals surface area contributed by atoms with Gasteiger partial charge in [0.15, 0.2) is 0 Å². The van der Waals surface area contributed by atoms with Crippen molar-refractivity contribution < 1.29 is 9.53 Å². The molecule has 0 unspecified atom stereocenters. The van der Waals surface area contributed by atoms with Gasteiger partial charge >= 0.3 is 0 Å². The van der Waals surface area contributed by atoms with E-state index in [9.17, 15) is 4.79 Å². The maximum absolute atomic E-state index is 12.1. The van der Waals surface area contributed by atoms with E-state index in [4.69, 9.17) is 4.74 Å². The number of anilines is 1. The molecule has 1 aliphatic rings. The molecule has 0 bridgehead atoms. The van der Waals surface area contributed by atoms with Gasteiger partial charge in [0.05, 0.1) is 11.7 Å². The van der Waals surface area contributed by atoms with Crippen LogP contribution in [0.4, 0.5) is 5.69 Å². The van der Waals surface area contributed by atoms with E-state index in [0.717, 1.165) is 28.8 Å². The number of carbonyl (C=O) groups excluding carboxylic acids is 1. The number of halogens is 1. The van der Waals surface area contributed by atoms with Gasteiger partial charge in [0, 0.05) is 22.6 Å². The fourth-order valence-electron chi connectivity index (χ4n) is 2.55. The van der Waals surface area contributed by atoms with Crippen molar-refractivity contribution in [1.29, 1.82) is 0 Å². The zero-order valence-corrected chi connectivity index (χ0v) is 13.7. The van der Waals surface area contributed by atoms with Gasteiger partial charge in [-0.2, -0.15) is 0 Å². The number of hydrogen-bond acceptors (Lipinski definition) is 3. The number of amides is 1. The van der Waals surface area contributed by atoms with Gasteiger partial charge in [-0.25, -0.2) is 0 Å². The van der Waals surface area contributed by atoms with Gasteiger partial charge in [-0.05, 0) is 71.9 Å². The van der Waals surface area contributed by atoms with Crippen LogP contribution < -0.4 is 10.1 Å². The molecule has 1 aromatic carbocycles. The summed E-state index contributed by atoms with van der Waals surface area (Å²) in [7, 11) is 0. The maximum atomic E-state index is 12.1. The number of carbonyl (C=O) groups is 1. The number of nitrogens with zero attached hydrogens (tertiary/aromatic N) is 1. The second kappa shape index (κ2) is 6.92. The van der Waals surface area contributed by atoms with Gasteiger partial charge < -0.3 is 10.1 Å². The lowest BCUT2D eigenvalue weighted by Gasteiger charge is -2.13. The number of benzene rings is 1. The van der Waals surface area contributed by atoms with Gasteiger partial charge in [0.1, 0.15) is 5.75 Å². The number of nitrogens with one attached hydrogen (secondary N) is 1. The Balaban J connectivity index is 1.61. The summed E-state index contributed by atoms with van der Waals surface area (Å²) < 4.78 is 6.68. The van der Waals surface area contributed by atoms with Crippen molar-refractivity contribution in [3.8, 4) is 5.75 Å². The molecule has 1 fully saturated rings. The normalized spacial score (nSPS) is 14.8. The van der Waals surface area contributed by atoms with E-state index in [1.807, 2.05) is 24.3 Å². The van der Waals surface area contributed by atoms with Crippen molar-refractivity contribution in [2.75, 3.05) is 5.32 Å². The molecule has 1 aliphatic carbocycles. The average molecular weight is 361 g/mol. The Morgan fingerprint density at radius 3 is 2.59 bits per heavy atom. The molecule has 3 rings (SSSR count). The highest BCUT2D eigenvalue weighted by Gasteiger charge is 2.16. The van der Waals surface area contributed by atoms with Crippen molar-refractivity contribution in [2.24, 2.45) is 0 Å². The molecule has 1 heterocycles. The molecular formula is C17H17BrN2O2. The lowest BCUT2D eigenvalue weighted by molar-refractivity contribution is 0.102. The molecule has 114 valence electrons. The predicted octanol–water partition coefficient (Wildman–Crippen LogP) is 4.42. The van der Waals surface area contributed by atoms with E-state index in [-0.39, 0.29) is 5.91 Å². The first-order valence-corrected chi connectivity index (χ1v) is 8.18. The molecule has 0 spiro atoms. The first-order chi connectivity index (χ1) is 10.7. The quantitative estimate of drug-likeness (QED) is 0.877. The monoisotopic (exact) mass is 360 g/mol. The molecule has 0 saturated heterocycles. The SMILES string of the molecule is O=C(Nc1ccc(OC2CCCC2)cc1)c1cncc(Br)c1. The summed E-state index contributed by atoms with van der Waals surface area (Å²) in [6, 6.07) is 9.24. The molecule has 1 N–H and O–H groups in total. The standard InChI is InChI=1S/C17H17BrN2O2/c18-13-9-12(10-19-11-13)17(21)20-14-5-7-16(8-6-14)22-15-3-1-2-4-15/h5-11,15H,1-4H2,(H,20,21). The van der Waals surface area contributed by atoms with E-state index in [0.29, 0.717) is 11.7 Å². The van der Waals surface area contributed by atoms with Crippen molar-refractivity contribution in [1.82, 2.24) is 4.98 Å². The highest BCUT2D eigenvalue weighted by Crippen LogP contribution is 2.25. The van der Waals surface area contributed by atoms with E-state index < -0.39 is 0 Å². The van der Waals surface area contributed by atoms with Gasteiger partial charge in [0.2, 0.25) is 0 Å². The number of rotatable bonds is 4. The molecule has 22 heavy (non-hydrogen) atoms. The van der Waals surface area contributed by atoms with Crippen LogP contribution in [-0.2, 0) is 0 Å². The molecule has 0 aliphatic heterocycles. The highest BCUT2D eigenvalue weighted by atomic mass is 79.9. The summed E-state index contributed by atoms with van der Waals surface area (Å²) in [5.74, 6) is 0.673. The number of aromatic nitrogens is 1. The van der Waals surface area contributed by atoms with E-state index in [1.165, 1.54) is 19.0 Å². The maximum Gasteiger partial charge on any atom is 0.257 e. The Labute approximate surface area is 138 Å². The highest BCUT2D eigenvalue weighted by molar-refractivity contribution is 9.10. The first-order valence-electron chi connectivity index (χ1n) is 7.39. The molecule has 2 aromatic rings.